The first-order chi connectivity index (χ1) is 6.22. The maximum absolute atomic E-state index is 5.40. The molecule has 74 valence electrons. The number of rotatable bonds is 5. The lowest BCUT2D eigenvalue weighted by Crippen LogP contribution is -2.21. The van der Waals surface area contributed by atoms with Gasteiger partial charge in [-0.25, -0.2) is 0 Å². The largest absolute Gasteiger partial charge is 0.338 e. The van der Waals surface area contributed by atoms with Crippen molar-refractivity contribution in [3.05, 3.63) is 11.7 Å². The minimum Gasteiger partial charge on any atom is -0.338 e. The lowest BCUT2D eigenvalue weighted by molar-refractivity contribution is 0.265. The summed E-state index contributed by atoms with van der Waals surface area (Å²) in [4.78, 5) is 6.22. The first-order valence-corrected chi connectivity index (χ1v) is 4.40. The van der Waals surface area contributed by atoms with Crippen LogP contribution in [0, 0.1) is 6.92 Å². The van der Waals surface area contributed by atoms with Gasteiger partial charge in [-0.05, 0) is 33.5 Å². The zero-order chi connectivity index (χ0) is 9.68. The van der Waals surface area contributed by atoms with Gasteiger partial charge in [0.1, 0.15) is 0 Å². The van der Waals surface area contributed by atoms with E-state index in [1.165, 1.54) is 0 Å². The van der Waals surface area contributed by atoms with Gasteiger partial charge in [0.25, 0.3) is 0 Å². The van der Waals surface area contributed by atoms with Gasteiger partial charge in [-0.3, -0.25) is 4.90 Å². The molecule has 0 fully saturated rings. The molecule has 13 heavy (non-hydrogen) atoms. The van der Waals surface area contributed by atoms with Crippen molar-refractivity contribution in [3.63, 3.8) is 0 Å². The lowest BCUT2D eigenvalue weighted by atomic mass is 10.4. The smallest absolute Gasteiger partial charge is 0.240 e. The summed E-state index contributed by atoms with van der Waals surface area (Å²) in [7, 11) is 2.01. The Labute approximate surface area is 77.9 Å². The molecule has 0 aliphatic carbocycles. The SMILES string of the molecule is Cc1noc(CN(C)CCCN)n1. The molecule has 0 spiro atoms. The topological polar surface area (TPSA) is 68.2 Å². The maximum atomic E-state index is 5.40. The number of nitrogens with zero attached hydrogens (tertiary/aromatic N) is 3. The summed E-state index contributed by atoms with van der Waals surface area (Å²) in [6, 6.07) is 0. The van der Waals surface area contributed by atoms with Crippen LogP contribution in [0.5, 0.6) is 0 Å². The Bertz CT molecular complexity index is 248. The van der Waals surface area contributed by atoms with Crippen LogP contribution in [0.4, 0.5) is 0 Å². The summed E-state index contributed by atoms with van der Waals surface area (Å²) in [5.74, 6) is 1.35. The number of aryl methyl sites for hydroxylation is 1. The molecule has 0 aliphatic heterocycles. The predicted octanol–water partition coefficient (Wildman–Crippen LogP) is 0.159. The Morgan fingerprint density at radius 1 is 1.54 bits per heavy atom. The summed E-state index contributed by atoms with van der Waals surface area (Å²) in [5, 5.41) is 3.71. The highest BCUT2D eigenvalue weighted by Crippen LogP contribution is 2.00. The number of hydrogen-bond donors (Lipinski definition) is 1. The molecule has 5 nitrogen and oxygen atoms in total. The normalized spacial score (nSPS) is 11.1. The summed E-state index contributed by atoms with van der Waals surface area (Å²) < 4.78 is 4.98. The molecule has 2 N–H and O–H groups in total. The van der Waals surface area contributed by atoms with Crippen LogP contribution in [0.1, 0.15) is 18.1 Å². The van der Waals surface area contributed by atoms with Gasteiger partial charge in [0, 0.05) is 0 Å². The highest BCUT2D eigenvalue weighted by atomic mass is 16.5. The van der Waals surface area contributed by atoms with Crippen LogP contribution in [0.25, 0.3) is 0 Å². The highest BCUT2D eigenvalue weighted by Gasteiger charge is 2.05. The summed E-state index contributed by atoms with van der Waals surface area (Å²) >= 11 is 0. The molecule has 1 aromatic rings. The average Bonchev–Trinajstić information content (AvgIpc) is 2.48. The molecule has 0 radical (unpaired) electrons. The third-order valence-electron chi connectivity index (χ3n) is 1.72. The van der Waals surface area contributed by atoms with E-state index >= 15 is 0 Å². The van der Waals surface area contributed by atoms with E-state index in [2.05, 4.69) is 15.0 Å². The fraction of sp³-hybridized carbons (Fsp3) is 0.750. The molecule has 0 saturated heterocycles. The zero-order valence-electron chi connectivity index (χ0n) is 8.16. The second-order valence-corrected chi connectivity index (χ2v) is 3.12. The summed E-state index contributed by atoms with van der Waals surface area (Å²) in [5.41, 5.74) is 5.40. The van der Waals surface area contributed by atoms with Gasteiger partial charge in [-0.2, -0.15) is 4.98 Å². The second kappa shape index (κ2) is 4.94. The minimum absolute atomic E-state index is 0.664. The molecule has 0 aromatic carbocycles. The van der Waals surface area contributed by atoms with Gasteiger partial charge in [-0.1, -0.05) is 5.16 Å². The second-order valence-electron chi connectivity index (χ2n) is 3.12. The van der Waals surface area contributed by atoms with Crippen LogP contribution < -0.4 is 5.73 Å². The Hall–Kier alpha value is -0.940. The molecule has 0 atom stereocenters. The Morgan fingerprint density at radius 2 is 2.31 bits per heavy atom. The monoisotopic (exact) mass is 184 g/mol. The number of hydrogen-bond acceptors (Lipinski definition) is 5. The maximum Gasteiger partial charge on any atom is 0.240 e. The molecule has 0 amide bonds. The Morgan fingerprint density at radius 3 is 2.85 bits per heavy atom. The molecular weight excluding hydrogens is 168 g/mol. The van der Waals surface area contributed by atoms with Crippen molar-refractivity contribution in [2.75, 3.05) is 20.1 Å². The van der Waals surface area contributed by atoms with E-state index in [0.717, 1.165) is 13.0 Å². The van der Waals surface area contributed by atoms with Gasteiger partial charge in [-0.15, -0.1) is 0 Å². The van der Waals surface area contributed by atoms with Gasteiger partial charge in [0.2, 0.25) is 5.89 Å². The lowest BCUT2D eigenvalue weighted by Gasteiger charge is -2.12. The molecule has 5 heteroatoms. The van der Waals surface area contributed by atoms with Gasteiger partial charge >= 0.3 is 0 Å². The van der Waals surface area contributed by atoms with Gasteiger partial charge in [0.15, 0.2) is 5.82 Å². The quantitative estimate of drug-likeness (QED) is 0.706. The van der Waals surface area contributed by atoms with Gasteiger partial charge in [0.05, 0.1) is 6.54 Å². The van der Waals surface area contributed by atoms with Crippen LogP contribution in [-0.4, -0.2) is 35.2 Å². The fourth-order valence-electron chi connectivity index (χ4n) is 1.08. The molecule has 0 bridgehead atoms. The van der Waals surface area contributed by atoms with E-state index in [9.17, 15) is 0 Å². The van der Waals surface area contributed by atoms with E-state index in [0.29, 0.717) is 24.8 Å². The van der Waals surface area contributed by atoms with Crippen molar-refractivity contribution in [2.24, 2.45) is 5.73 Å². The Kier molecular flexibility index (Phi) is 3.85. The first-order valence-electron chi connectivity index (χ1n) is 4.40. The molecule has 0 unspecified atom stereocenters. The third kappa shape index (κ3) is 3.52. The minimum atomic E-state index is 0.664. The van der Waals surface area contributed by atoms with Crippen molar-refractivity contribution >= 4 is 0 Å². The first kappa shape index (κ1) is 10.1. The van der Waals surface area contributed by atoms with Crippen LogP contribution in [0.2, 0.25) is 0 Å². The van der Waals surface area contributed by atoms with E-state index in [-0.39, 0.29) is 0 Å². The van der Waals surface area contributed by atoms with Crippen molar-refractivity contribution in [1.82, 2.24) is 15.0 Å². The van der Waals surface area contributed by atoms with E-state index in [4.69, 9.17) is 10.3 Å². The molecular formula is C8H16N4O. The molecule has 1 aromatic heterocycles. The molecule has 0 aliphatic rings. The van der Waals surface area contributed by atoms with Crippen molar-refractivity contribution in [3.8, 4) is 0 Å². The van der Waals surface area contributed by atoms with Crippen LogP contribution in [-0.2, 0) is 6.54 Å². The fourth-order valence-corrected chi connectivity index (χ4v) is 1.08. The highest BCUT2D eigenvalue weighted by molar-refractivity contribution is 4.82. The molecule has 0 saturated carbocycles. The number of aromatic nitrogens is 2. The molecule has 1 heterocycles. The standard InChI is InChI=1S/C8H16N4O/c1-7-10-8(13-11-7)6-12(2)5-3-4-9/h3-6,9H2,1-2H3. The van der Waals surface area contributed by atoms with Crippen LogP contribution >= 0.6 is 0 Å². The Balaban J connectivity index is 2.31. The van der Waals surface area contributed by atoms with Gasteiger partial charge < -0.3 is 10.3 Å². The predicted molar refractivity (Wildman–Crippen MR) is 49.0 cm³/mol. The molecule has 1 rings (SSSR count). The average molecular weight is 184 g/mol. The summed E-state index contributed by atoms with van der Waals surface area (Å²) in [6.07, 6.45) is 0.990. The van der Waals surface area contributed by atoms with Crippen molar-refractivity contribution in [2.45, 2.75) is 19.9 Å². The van der Waals surface area contributed by atoms with Crippen molar-refractivity contribution < 1.29 is 4.52 Å². The zero-order valence-corrected chi connectivity index (χ0v) is 8.16. The van der Waals surface area contributed by atoms with E-state index < -0.39 is 0 Å². The van der Waals surface area contributed by atoms with Crippen molar-refractivity contribution in [1.29, 1.82) is 0 Å². The third-order valence-corrected chi connectivity index (χ3v) is 1.72. The van der Waals surface area contributed by atoms with E-state index in [1.54, 1.807) is 0 Å². The number of nitrogens with two attached hydrogens (primary N) is 1. The van der Waals surface area contributed by atoms with Crippen LogP contribution in [0.15, 0.2) is 4.52 Å². The van der Waals surface area contributed by atoms with Crippen LogP contribution in [0.3, 0.4) is 0 Å². The van der Waals surface area contributed by atoms with E-state index in [1.807, 2.05) is 14.0 Å². The summed E-state index contributed by atoms with van der Waals surface area (Å²) in [6.45, 7) is 4.18.